The van der Waals surface area contributed by atoms with Gasteiger partial charge in [-0.3, -0.25) is 4.79 Å². The van der Waals surface area contributed by atoms with Crippen LogP contribution in [0.25, 0.3) is 0 Å². The van der Waals surface area contributed by atoms with Crippen LogP contribution in [0.15, 0.2) is 0 Å². The third-order valence-corrected chi connectivity index (χ3v) is 2.63. The van der Waals surface area contributed by atoms with Gasteiger partial charge in [0.15, 0.2) is 0 Å². The van der Waals surface area contributed by atoms with Gasteiger partial charge in [-0.25, -0.2) is 0 Å². The van der Waals surface area contributed by atoms with Gasteiger partial charge in [-0.05, 0) is 26.3 Å². The van der Waals surface area contributed by atoms with Crippen molar-refractivity contribution in [3.63, 3.8) is 0 Å². The van der Waals surface area contributed by atoms with Crippen molar-refractivity contribution in [1.82, 2.24) is 10.6 Å². The van der Waals surface area contributed by atoms with E-state index < -0.39 is 0 Å². The number of carbonyl (C=O) groups excluding carboxylic acids is 1. The molecule has 0 aromatic heterocycles. The van der Waals surface area contributed by atoms with E-state index in [1.54, 1.807) is 0 Å². The molecule has 0 spiro atoms. The maximum Gasteiger partial charge on any atom is 0.221 e. The van der Waals surface area contributed by atoms with Gasteiger partial charge >= 0.3 is 0 Å². The van der Waals surface area contributed by atoms with Crippen LogP contribution < -0.4 is 10.6 Å². The highest BCUT2D eigenvalue weighted by atomic mass is 16.5. The molecule has 1 unspecified atom stereocenters. The van der Waals surface area contributed by atoms with Crippen molar-refractivity contribution in [2.75, 3.05) is 19.8 Å². The lowest BCUT2D eigenvalue weighted by molar-refractivity contribution is -0.122. The Balaban J connectivity index is 2.16. The maximum absolute atomic E-state index is 11.6. The highest BCUT2D eigenvalue weighted by Gasteiger charge is 2.16. The molecule has 1 saturated heterocycles. The number of ether oxygens (including phenoxy) is 1. The number of rotatable bonds is 5. The molecule has 88 valence electrons. The van der Waals surface area contributed by atoms with Crippen LogP contribution in [0.5, 0.6) is 0 Å². The van der Waals surface area contributed by atoms with Gasteiger partial charge < -0.3 is 15.4 Å². The normalized spacial score (nSPS) is 19.9. The standard InChI is InChI=1S/C11H22N2O2/c1-3-12-9(2)8-11(14)13-10-4-6-15-7-5-10/h9-10,12H,3-8H2,1-2H3,(H,13,14). The second-order valence-electron chi connectivity index (χ2n) is 4.12. The number of hydrogen-bond donors (Lipinski definition) is 2. The summed E-state index contributed by atoms with van der Waals surface area (Å²) in [5.41, 5.74) is 0. The van der Waals surface area contributed by atoms with E-state index in [1.807, 2.05) is 13.8 Å². The van der Waals surface area contributed by atoms with Crippen molar-refractivity contribution in [3.05, 3.63) is 0 Å². The van der Waals surface area contributed by atoms with Crippen molar-refractivity contribution < 1.29 is 9.53 Å². The molecule has 1 atom stereocenters. The van der Waals surface area contributed by atoms with E-state index in [9.17, 15) is 4.79 Å². The summed E-state index contributed by atoms with van der Waals surface area (Å²) in [5.74, 6) is 0.148. The molecule has 0 bridgehead atoms. The average Bonchev–Trinajstić information content (AvgIpc) is 2.19. The van der Waals surface area contributed by atoms with Crippen LogP contribution in [0.3, 0.4) is 0 Å². The fourth-order valence-electron chi connectivity index (χ4n) is 1.83. The van der Waals surface area contributed by atoms with Crippen LogP contribution >= 0.6 is 0 Å². The number of nitrogens with one attached hydrogen (secondary N) is 2. The zero-order chi connectivity index (χ0) is 11.1. The summed E-state index contributed by atoms with van der Waals surface area (Å²) in [6.07, 6.45) is 2.45. The quantitative estimate of drug-likeness (QED) is 0.707. The molecule has 2 N–H and O–H groups in total. The average molecular weight is 214 g/mol. The SMILES string of the molecule is CCNC(C)CC(=O)NC1CCOCC1. The Bertz CT molecular complexity index is 191. The van der Waals surface area contributed by atoms with Gasteiger partial charge in [-0.1, -0.05) is 6.92 Å². The van der Waals surface area contributed by atoms with Crippen LogP contribution in [0.4, 0.5) is 0 Å². The van der Waals surface area contributed by atoms with Crippen molar-refractivity contribution in [2.24, 2.45) is 0 Å². The van der Waals surface area contributed by atoms with E-state index in [4.69, 9.17) is 4.74 Å². The van der Waals surface area contributed by atoms with Crippen molar-refractivity contribution >= 4 is 5.91 Å². The van der Waals surface area contributed by atoms with Crippen molar-refractivity contribution in [1.29, 1.82) is 0 Å². The summed E-state index contributed by atoms with van der Waals surface area (Å²) in [4.78, 5) is 11.6. The first kappa shape index (κ1) is 12.5. The van der Waals surface area contributed by atoms with Crippen LogP contribution in [-0.4, -0.2) is 37.7 Å². The predicted molar refractivity (Wildman–Crippen MR) is 59.7 cm³/mol. The Morgan fingerprint density at radius 2 is 2.13 bits per heavy atom. The lowest BCUT2D eigenvalue weighted by Crippen LogP contribution is -2.41. The van der Waals surface area contributed by atoms with E-state index in [2.05, 4.69) is 10.6 Å². The minimum absolute atomic E-state index is 0.148. The van der Waals surface area contributed by atoms with Crippen LogP contribution in [0, 0.1) is 0 Å². The van der Waals surface area contributed by atoms with E-state index in [-0.39, 0.29) is 11.9 Å². The van der Waals surface area contributed by atoms with Gasteiger partial charge in [-0.2, -0.15) is 0 Å². The molecule has 1 aliphatic rings. The molecule has 0 radical (unpaired) electrons. The van der Waals surface area contributed by atoms with E-state index in [0.717, 1.165) is 32.6 Å². The molecular weight excluding hydrogens is 192 g/mol. The summed E-state index contributed by atoms with van der Waals surface area (Å²) in [6.45, 7) is 6.53. The van der Waals surface area contributed by atoms with Crippen LogP contribution in [0.2, 0.25) is 0 Å². The first-order chi connectivity index (χ1) is 7.22. The molecule has 1 rings (SSSR count). The second kappa shape index (κ2) is 6.80. The third kappa shape index (κ3) is 5.14. The number of hydrogen-bond acceptors (Lipinski definition) is 3. The third-order valence-electron chi connectivity index (χ3n) is 2.63. The van der Waals surface area contributed by atoms with Crippen molar-refractivity contribution in [2.45, 2.75) is 45.2 Å². The monoisotopic (exact) mass is 214 g/mol. The Morgan fingerprint density at radius 3 is 2.73 bits per heavy atom. The molecule has 4 nitrogen and oxygen atoms in total. The summed E-state index contributed by atoms with van der Waals surface area (Å²) in [5, 5.41) is 6.28. The Kier molecular flexibility index (Phi) is 5.65. The van der Waals surface area contributed by atoms with Crippen molar-refractivity contribution in [3.8, 4) is 0 Å². The van der Waals surface area contributed by atoms with Gasteiger partial charge in [0.05, 0.1) is 0 Å². The molecule has 1 amide bonds. The van der Waals surface area contributed by atoms with E-state index in [1.165, 1.54) is 0 Å². The Labute approximate surface area is 91.8 Å². The number of carbonyl (C=O) groups is 1. The molecule has 1 aliphatic heterocycles. The number of amides is 1. The molecule has 0 saturated carbocycles. The van der Waals surface area contributed by atoms with Gasteiger partial charge in [0.25, 0.3) is 0 Å². The summed E-state index contributed by atoms with van der Waals surface area (Å²) in [6, 6.07) is 0.579. The highest BCUT2D eigenvalue weighted by molar-refractivity contribution is 5.76. The molecule has 1 fully saturated rings. The minimum Gasteiger partial charge on any atom is -0.381 e. The van der Waals surface area contributed by atoms with Gasteiger partial charge in [0.2, 0.25) is 5.91 Å². The fraction of sp³-hybridized carbons (Fsp3) is 0.909. The van der Waals surface area contributed by atoms with Gasteiger partial charge in [0.1, 0.15) is 0 Å². The van der Waals surface area contributed by atoms with Crippen LogP contribution in [-0.2, 0) is 9.53 Å². The second-order valence-corrected chi connectivity index (χ2v) is 4.12. The molecule has 15 heavy (non-hydrogen) atoms. The van der Waals surface area contributed by atoms with E-state index in [0.29, 0.717) is 12.5 Å². The van der Waals surface area contributed by atoms with Crippen LogP contribution in [0.1, 0.15) is 33.1 Å². The first-order valence-corrected chi connectivity index (χ1v) is 5.83. The zero-order valence-electron chi connectivity index (χ0n) is 9.71. The summed E-state index contributed by atoms with van der Waals surface area (Å²) >= 11 is 0. The maximum atomic E-state index is 11.6. The molecular formula is C11H22N2O2. The topological polar surface area (TPSA) is 50.4 Å². The minimum atomic E-state index is 0.148. The molecule has 1 heterocycles. The zero-order valence-corrected chi connectivity index (χ0v) is 9.71. The summed E-state index contributed by atoms with van der Waals surface area (Å²) < 4.78 is 5.24. The largest absolute Gasteiger partial charge is 0.381 e. The predicted octanol–water partition coefficient (Wildman–Crippen LogP) is 0.670. The lowest BCUT2D eigenvalue weighted by Gasteiger charge is -2.23. The highest BCUT2D eigenvalue weighted by Crippen LogP contribution is 2.06. The molecule has 0 aromatic carbocycles. The molecule has 4 heteroatoms. The molecule has 0 aromatic rings. The Morgan fingerprint density at radius 1 is 1.47 bits per heavy atom. The first-order valence-electron chi connectivity index (χ1n) is 5.83. The van der Waals surface area contributed by atoms with E-state index >= 15 is 0 Å². The smallest absolute Gasteiger partial charge is 0.221 e. The lowest BCUT2D eigenvalue weighted by atomic mass is 10.1. The Hall–Kier alpha value is -0.610. The van der Waals surface area contributed by atoms with Gasteiger partial charge in [0, 0.05) is 31.7 Å². The molecule has 0 aliphatic carbocycles. The summed E-state index contributed by atoms with van der Waals surface area (Å²) in [7, 11) is 0. The fourth-order valence-corrected chi connectivity index (χ4v) is 1.83. The van der Waals surface area contributed by atoms with Gasteiger partial charge in [-0.15, -0.1) is 0 Å².